The Balaban J connectivity index is 1.72. The molecule has 18 heavy (non-hydrogen) atoms. The molecule has 0 aliphatic carbocycles. The number of anilines is 1. The zero-order valence-corrected chi connectivity index (χ0v) is 12.7. The first-order valence-corrected chi connectivity index (χ1v) is 7.68. The van der Waals surface area contributed by atoms with E-state index in [0.717, 1.165) is 12.1 Å². The Labute approximate surface area is 118 Å². The first-order valence-electron chi connectivity index (χ1n) is 6.88. The Morgan fingerprint density at radius 3 is 2.56 bits per heavy atom. The van der Waals surface area contributed by atoms with Crippen LogP contribution >= 0.6 is 15.9 Å². The molecule has 0 saturated carbocycles. The lowest BCUT2D eigenvalue weighted by Crippen LogP contribution is -2.44. The minimum atomic E-state index is 0.645. The molecule has 1 aromatic carbocycles. The van der Waals surface area contributed by atoms with Crippen LogP contribution in [0, 0.1) is 6.92 Å². The van der Waals surface area contributed by atoms with Crippen molar-refractivity contribution >= 4 is 21.6 Å². The highest BCUT2D eigenvalue weighted by molar-refractivity contribution is 9.10. The van der Waals surface area contributed by atoms with Gasteiger partial charge < -0.3 is 10.2 Å². The zero-order chi connectivity index (χ0) is 12.7. The van der Waals surface area contributed by atoms with Crippen molar-refractivity contribution in [3.8, 4) is 0 Å². The van der Waals surface area contributed by atoms with Gasteiger partial charge in [-0.2, -0.15) is 0 Å². The van der Waals surface area contributed by atoms with E-state index < -0.39 is 0 Å². The van der Waals surface area contributed by atoms with E-state index >= 15 is 0 Å². The minimum absolute atomic E-state index is 0.645. The predicted molar refractivity (Wildman–Crippen MR) is 80.1 cm³/mol. The maximum absolute atomic E-state index is 3.75. The van der Waals surface area contributed by atoms with Crippen LogP contribution < -0.4 is 5.32 Å². The average molecular weight is 309 g/mol. The summed E-state index contributed by atoms with van der Waals surface area (Å²) < 4.78 is 1.20. The van der Waals surface area contributed by atoms with Crippen LogP contribution in [0.4, 0.5) is 5.69 Å². The minimum Gasteiger partial charge on any atom is -0.382 e. The maximum Gasteiger partial charge on any atom is 0.0383 e. The molecule has 2 aliphatic heterocycles. The van der Waals surface area contributed by atoms with Gasteiger partial charge in [-0.1, -0.05) is 22.0 Å². The molecule has 3 heteroatoms. The molecule has 0 spiro atoms. The number of piperidine rings is 1. The molecule has 1 N–H and O–H groups in total. The Kier molecular flexibility index (Phi) is 3.37. The summed E-state index contributed by atoms with van der Waals surface area (Å²) in [5.74, 6) is 0. The summed E-state index contributed by atoms with van der Waals surface area (Å²) >= 11 is 3.61. The van der Waals surface area contributed by atoms with E-state index in [9.17, 15) is 0 Å². The standard InChI is InChI=1S/C15H21BrN2/c1-10-14(16)4-3-5-15(10)17-11-8-12-6-7-13(9-11)18(12)2/h3-5,11-13,17H,6-9H2,1-2H3. The normalized spacial score (nSPS) is 31.6. The first-order chi connectivity index (χ1) is 8.65. The topological polar surface area (TPSA) is 15.3 Å². The number of halogens is 1. The van der Waals surface area contributed by atoms with Crippen molar-refractivity contribution in [1.29, 1.82) is 0 Å². The van der Waals surface area contributed by atoms with Crippen LogP contribution in [-0.2, 0) is 0 Å². The van der Waals surface area contributed by atoms with Crippen LogP contribution in [0.25, 0.3) is 0 Å². The molecule has 0 aromatic heterocycles. The summed E-state index contributed by atoms with van der Waals surface area (Å²) in [6, 6.07) is 8.66. The number of fused-ring (bicyclic) bond motifs is 2. The van der Waals surface area contributed by atoms with Crippen LogP contribution in [0.5, 0.6) is 0 Å². The third-order valence-corrected chi connectivity index (χ3v) is 5.58. The number of rotatable bonds is 2. The summed E-state index contributed by atoms with van der Waals surface area (Å²) in [4.78, 5) is 2.59. The number of nitrogens with zero attached hydrogens (tertiary/aromatic N) is 1. The SMILES string of the molecule is Cc1c(Br)cccc1NC1CC2CCC(C1)N2C. The molecule has 2 atom stereocenters. The maximum atomic E-state index is 3.75. The third-order valence-electron chi connectivity index (χ3n) is 4.73. The highest BCUT2D eigenvalue weighted by Crippen LogP contribution is 2.36. The second-order valence-electron chi connectivity index (χ2n) is 5.78. The van der Waals surface area contributed by atoms with Crippen LogP contribution in [-0.4, -0.2) is 30.1 Å². The number of hydrogen-bond donors (Lipinski definition) is 1. The molecular formula is C15H21BrN2. The third kappa shape index (κ3) is 2.19. The van der Waals surface area contributed by atoms with Gasteiger partial charge in [0.2, 0.25) is 0 Å². The van der Waals surface area contributed by atoms with Crippen molar-refractivity contribution in [2.75, 3.05) is 12.4 Å². The Morgan fingerprint density at radius 2 is 1.89 bits per heavy atom. The van der Waals surface area contributed by atoms with Crippen molar-refractivity contribution < 1.29 is 0 Å². The molecule has 2 bridgehead atoms. The molecule has 3 rings (SSSR count). The molecule has 0 amide bonds. The summed E-state index contributed by atoms with van der Waals surface area (Å²) in [5, 5.41) is 3.75. The highest BCUT2D eigenvalue weighted by Gasteiger charge is 2.38. The molecule has 0 radical (unpaired) electrons. The molecular weight excluding hydrogens is 288 g/mol. The van der Waals surface area contributed by atoms with Crippen molar-refractivity contribution in [2.45, 2.75) is 50.7 Å². The zero-order valence-electron chi connectivity index (χ0n) is 11.1. The monoisotopic (exact) mass is 308 g/mol. The van der Waals surface area contributed by atoms with Crippen LogP contribution in [0.2, 0.25) is 0 Å². The van der Waals surface area contributed by atoms with Gasteiger partial charge in [0, 0.05) is 28.3 Å². The fraction of sp³-hybridized carbons (Fsp3) is 0.600. The Morgan fingerprint density at radius 1 is 1.22 bits per heavy atom. The second kappa shape index (κ2) is 4.86. The highest BCUT2D eigenvalue weighted by atomic mass is 79.9. The van der Waals surface area contributed by atoms with Gasteiger partial charge in [0.1, 0.15) is 0 Å². The molecule has 98 valence electrons. The molecule has 2 unspecified atom stereocenters. The fourth-order valence-electron chi connectivity index (χ4n) is 3.51. The molecule has 2 heterocycles. The largest absolute Gasteiger partial charge is 0.382 e. The quantitative estimate of drug-likeness (QED) is 0.894. The summed E-state index contributed by atoms with van der Waals surface area (Å²) in [6.07, 6.45) is 5.35. The smallest absolute Gasteiger partial charge is 0.0383 e. The summed E-state index contributed by atoms with van der Waals surface area (Å²) in [7, 11) is 2.29. The first kappa shape index (κ1) is 12.5. The lowest BCUT2D eigenvalue weighted by Gasteiger charge is -2.37. The van der Waals surface area contributed by atoms with E-state index in [1.165, 1.54) is 41.4 Å². The lowest BCUT2D eigenvalue weighted by molar-refractivity contribution is 0.169. The Bertz CT molecular complexity index is 432. The summed E-state index contributed by atoms with van der Waals surface area (Å²) in [6.45, 7) is 2.18. The molecule has 2 nitrogen and oxygen atoms in total. The second-order valence-corrected chi connectivity index (χ2v) is 6.63. The fourth-order valence-corrected chi connectivity index (χ4v) is 3.88. The van der Waals surface area contributed by atoms with E-state index in [0.29, 0.717) is 6.04 Å². The van der Waals surface area contributed by atoms with Gasteiger partial charge >= 0.3 is 0 Å². The van der Waals surface area contributed by atoms with Crippen molar-refractivity contribution in [2.24, 2.45) is 0 Å². The molecule has 2 saturated heterocycles. The van der Waals surface area contributed by atoms with Crippen molar-refractivity contribution in [3.63, 3.8) is 0 Å². The number of benzene rings is 1. The van der Waals surface area contributed by atoms with Gasteiger partial charge in [-0.25, -0.2) is 0 Å². The number of nitrogens with one attached hydrogen (secondary N) is 1. The summed E-state index contributed by atoms with van der Waals surface area (Å²) in [5.41, 5.74) is 2.61. The van der Waals surface area contributed by atoms with E-state index in [1.54, 1.807) is 0 Å². The van der Waals surface area contributed by atoms with Gasteiger partial charge in [-0.05, 0) is 57.4 Å². The average Bonchev–Trinajstić information content (AvgIpc) is 2.59. The molecule has 1 aromatic rings. The van der Waals surface area contributed by atoms with Gasteiger partial charge in [0.25, 0.3) is 0 Å². The van der Waals surface area contributed by atoms with Gasteiger partial charge in [0.15, 0.2) is 0 Å². The van der Waals surface area contributed by atoms with Gasteiger partial charge in [0.05, 0.1) is 0 Å². The van der Waals surface area contributed by atoms with Crippen LogP contribution in [0.1, 0.15) is 31.2 Å². The van der Waals surface area contributed by atoms with Crippen LogP contribution in [0.15, 0.2) is 22.7 Å². The van der Waals surface area contributed by atoms with E-state index in [-0.39, 0.29) is 0 Å². The van der Waals surface area contributed by atoms with Gasteiger partial charge in [-0.15, -0.1) is 0 Å². The van der Waals surface area contributed by atoms with E-state index in [4.69, 9.17) is 0 Å². The van der Waals surface area contributed by atoms with Crippen molar-refractivity contribution in [3.05, 3.63) is 28.2 Å². The van der Waals surface area contributed by atoms with Crippen LogP contribution in [0.3, 0.4) is 0 Å². The molecule has 2 aliphatic rings. The predicted octanol–water partition coefficient (Wildman–Crippen LogP) is 3.79. The molecule has 2 fully saturated rings. The van der Waals surface area contributed by atoms with Crippen molar-refractivity contribution in [1.82, 2.24) is 4.90 Å². The van der Waals surface area contributed by atoms with Gasteiger partial charge in [-0.3, -0.25) is 0 Å². The lowest BCUT2D eigenvalue weighted by atomic mass is 9.97. The van der Waals surface area contributed by atoms with E-state index in [1.807, 2.05) is 0 Å². The Hall–Kier alpha value is -0.540. The van der Waals surface area contributed by atoms with E-state index in [2.05, 4.69) is 58.3 Å². The number of hydrogen-bond acceptors (Lipinski definition) is 2.